The van der Waals surface area contributed by atoms with Crippen molar-refractivity contribution >= 4 is 0 Å². The Morgan fingerprint density at radius 2 is 1.56 bits per heavy atom. The predicted molar refractivity (Wildman–Crippen MR) is 71.9 cm³/mol. The van der Waals surface area contributed by atoms with Crippen LogP contribution >= 0.6 is 0 Å². The molecule has 0 heterocycles. The highest BCUT2D eigenvalue weighted by Crippen LogP contribution is 2.07. The topological polar surface area (TPSA) is 9.23 Å². The molecular weight excluding hydrogens is 196 g/mol. The van der Waals surface area contributed by atoms with Crippen LogP contribution in [0.4, 0.5) is 0 Å². The maximum Gasteiger partial charge on any atom is 0.121 e. The number of rotatable bonds is 10. The molecule has 1 radical (unpaired) electrons. The molecule has 0 aromatic carbocycles. The molecule has 0 amide bonds. The molecule has 0 aliphatic rings. The summed E-state index contributed by atoms with van der Waals surface area (Å²) in [6.45, 7) is 2.25. The fourth-order valence-electron chi connectivity index (χ4n) is 1.45. The molecule has 16 heavy (non-hydrogen) atoms. The van der Waals surface area contributed by atoms with Crippen LogP contribution in [0.2, 0.25) is 0 Å². The van der Waals surface area contributed by atoms with Crippen LogP contribution in [0.5, 0.6) is 0 Å². The van der Waals surface area contributed by atoms with Gasteiger partial charge in [0.05, 0.1) is 6.26 Å². The molecule has 0 aromatic rings. The van der Waals surface area contributed by atoms with Crippen molar-refractivity contribution in [3.63, 3.8) is 0 Å². The molecule has 0 rings (SSSR count). The summed E-state index contributed by atoms with van der Waals surface area (Å²) < 4.78 is 4.53. The minimum Gasteiger partial charge on any atom is -0.498 e. The smallest absolute Gasteiger partial charge is 0.121 e. The Labute approximate surface area is 101 Å². The first-order chi connectivity index (χ1) is 7.91. The average molecular weight is 221 g/mol. The van der Waals surface area contributed by atoms with Gasteiger partial charge in [-0.05, 0) is 18.9 Å². The maximum absolute atomic E-state index is 4.53. The van der Waals surface area contributed by atoms with E-state index in [1.54, 1.807) is 6.26 Å². The van der Waals surface area contributed by atoms with Crippen molar-refractivity contribution in [2.24, 2.45) is 0 Å². The van der Waals surface area contributed by atoms with E-state index in [9.17, 15) is 0 Å². The summed E-state index contributed by atoms with van der Waals surface area (Å²) in [5.74, 6) is 0. The van der Waals surface area contributed by atoms with E-state index in [2.05, 4.69) is 30.9 Å². The zero-order chi connectivity index (χ0) is 11.9. The Bertz CT molecular complexity index is 201. The van der Waals surface area contributed by atoms with Crippen molar-refractivity contribution in [1.29, 1.82) is 0 Å². The third-order valence-corrected chi connectivity index (χ3v) is 2.37. The first-order valence-corrected chi connectivity index (χ1v) is 6.31. The minimum atomic E-state index is 1.19. The third-order valence-electron chi connectivity index (χ3n) is 2.37. The van der Waals surface area contributed by atoms with Gasteiger partial charge in [-0.15, -0.1) is 0 Å². The summed E-state index contributed by atoms with van der Waals surface area (Å²) >= 11 is 0. The lowest BCUT2D eigenvalue weighted by Gasteiger charge is -1.97. The first-order valence-electron chi connectivity index (χ1n) is 6.31. The quantitative estimate of drug-likeness (QED) is 0.281. The molecule has 0 aliphatic carbocycles. The molecule has 0 saturated heterocycles. The lowest BCUT2D eigenvalue weighted by atomic mass is 10.1. The van der Waals surface area contributed by atoms with E-state index >= 15 is 0 Å². The fraction of sp³-hybridized carbons (Fsp3) is 0.533. The number of allylic oxidation sites excluding steroid dienone is 5. The van der Waals surface area contributed by atoms with Gasteiger partial charge >= 0.3 is 0 Å². The van der Waals surface area contributed by atoms with Crippen molar-refractivity contribution in [3.05, 3.63) is 43.8 Å². The number of unbranched alkanes of at least 4 members (excludes halogenated alkanes) is 6. The molecule has 0 unspecified atom stereocenters. The Hall–Kier alpha value is -0.980. The van der Waals surface area contributed by atoms with E-state index in [1.807, 2.05) is 18.2 Å². The highest BCUT2D eigenvalue weighted by Gasteiger charge is 1.87. The van der Waals surface area contributed by atoms with E-state index in [1.165, 1.54) is 44.9 Å². The van der Waals surface area contributed by atoms with Gasteiger partial charge in [-0.25, -0.2) is 0 Å². The highest BCUT2D eigenvalue weighted by molar-refractivity contribution is 5.09. The van der Waals surface area contributed by atoms with Crippen LogP contribution in [0.3, 0.4) is 0 Å². The van der Waals surface area contributed by atoms with Gasteiger partial charge in [0, 0.05) is 0 Å². The second-order valence-electron chi connectivity index (χ2n) is 3.86. The lowest BCUT2D eigenvalue weighted by molar-refractivity contribution is 0.394. The molecule has 1 heteroatoms. The van der Waals surface area contributed by atoms with Gasteiger partial charge in [-0.2, -0.15) is 0 Å². The van der Waals surface area contributed by atoms with E-state index in [0.717, 1.165) is 0 Å². The van der Waals surface area contributed by atoms with Crippen LogP contribution in [0, 0.1) is 7.11 Å². The van der Waals surface area contributed by atoms with Crippen molar-refractivity contribution in [2.45, 2.75) is 51.9 Å². The Morgan fingerprint density at radius 3 is 2.31 bits per heavy atom. The molecule has 0 fully saturated rings. The summed E-state index contributed by atoms with van der Waals surface area (Å²) in [7, 11) is 3.24. The highest BCUT2D eigenvalue weighted by atomic mass is 16.5. The molecule has 1 nitrogen and oxygen atoms in total. The molecule has 0 aliphatic heterocycles. The van der Waals surface area contributed by atoms with E-state index in [4.69, 9.17) is 0 Å². The molecule has 0 atom stereocenters. The largest absolute Gasteiger partial charge is 0.498 e. The van der Waals surface area contributed by atoms with Crippen molar-refractivity contribution in [1.82, 2.24) is 0 Å². The van der Waals surface area contributed by atoms with Crippen LogP contribution in [-0.4, -0.2) is 0 Å². The summed E-state index contributed by atoms with van der Waals surface area (Å²) in [4.78, 5) is 0. The normalized spacial score (nSPS) is 12.1. The third kappa shape index (κ3) is 13.0. The van der Waals surface area contributed by atoms with Crippen LogP contribution in [-0.2, 0) is 4.74 Å². The van der Waals surface area contributed by atoms with Gasteiger partial charge in [0.25, 0.3) is 0 Å². The summed E-state index contributed by atoms with van der Waals surface area (Å²) in [6.07, 6.45) is 21.0. The first kappa shape index (κ1) is 15.0. The van der Waals surface area contributed by atoms with Gasteiger partial charge in [-0.3, -0.25) is 0 Å². The minimum absolute atomic E-state index is 1.19. The zero-order valence-corrected chi connectivity index (χ0v) is 10.5. The van der Waals surface area contributed by atoms with Gasteiger partial charge in [0.1, 0.15) is 7.11 Å². The Balaban J connectivity index is 3.21. The zero-order valence-electron chi connectivity index (χ0n) is 10.5. The molecule has 0 spiro atoms. The van der Waals surface area contributed by atoms with E-state index < -0.39 is 0 Å². The Morgan fingerprint density at radius 1 is 0.875 bits per heavy atom. The predicted octanol–water partition coefficient (Wildman–Crippen LogP) is 5.17. The van der Waals surface area contributed by atoms with Crippen molar-refractivity contribution in [3.8, 4) is 0 Å². The standard InChI is InChI=1S/C15H25O/c1-3-4-5-6-7-8-9-10-11-12-13-14-15-16-2/h10-15H,2-9H2,1H3. The monoisotopic (exact) mass is 221 g/mol. The number of ether oxygens (including phenoxy) is 1. The summed E-state index contributed by atoms with van der Waals surface area (Å²) in [5.41, 5.74) is 0. The van der Waals surface area contributed by atoms with Gasteiger partial charge in [-0.1, -0.05) is 63.3 Å². The molecule has 0 N–H and O–H groups in total. The molecule has 91 valence electrons. The number of hydrogen-bond donors (Lipinski definition) is 0. The number of hydrogen-bond acceptors (Lipinski definition) is 1. The van der Waals surface area contributed by atoms with Crippen LogP contribution in [0.25, 0.3) is 0 Å². The van der Waals surface area contributed by atoms with Crippen LogP contribution < -0.4 is 0 Å². The van der Waals surface area contributed by atoms with E-state index in [-0.39, 0.29) is 0 Å². The Kier molecular flexibility index (Phi) is 13.2. The van der Waals surface area contributed by atoms with Crippen LogP contribution in [0.15, 0.2) is 36.6 Å². The fourth-order valence-corrected chi connectivity index (χ4v) is 1.45. The summed E-state index contributed by atoms with van der Waals surface area (Å²) in [5, 5.41) is 0. The molecular formula is C15H25O. The maximum atomic E-state index is 4.53. The second kappa shape index (κ2) is 14.0. The lowest BCUT2D eigenvalue weighted by Crippen LogP contribution is -1.77. The molecule has 0 saturated carbocycles. The average Bonchev–Trinajstić information content (AvgIpc) is 2.31. The summed E-state index contributed by atoms with van der Waals surface area (Å²) in [6, 6.07) is 0. The van der Waals surface area contributed by atoms with E-state index in [0.29, 0.717) is 0 Å². The van der Waals surface area contributed by atoms with Gasteiger partial charge in [0.2, 0.25) is 0 Å². The van der Waals surface area contributed by atoms with Gasteiger partial charge in [0.15, 0.2) is 0 Å². The SMILES string of the molecule is [CH2]OC=CC=CC=CCCCCCCCC. The van der Waals surface area contributed by atoms with Crippen molar-refractivity contribution in [2.75, 3.05) is 0 Å². The van der Waals surface area contributed by atoms with Crippen molar-refractivity contribution < 1.29 is 4.74 Å². The molecule has 0 bridgehead atoms. The van der Waals surface area contributed by atoms with Crippen LogP contribution in [0.1, 0.15) is 51.9 Å². The molecule has 0 aromatic heterocycles. The van der Waals surface area contributed by atoms with Gasteiger partial charge < -0.3 is 4.74 Å². The second-order valence-corrected chi connectivity index (χ2v) is 3.86.